The molecular formula is C14H15ClFNO. The third-order valence-electron chi connectivity index (χ3n) is 2.75. The molecule has 96 valence electrons. The molecule has 0 spiro atoms. The van der Waals surface area contributed by atoms with Crippen LogP contribution in [-0.4, -0.2) is 6.54 Å². The third kappa shape index (κ3) is 2.92. The van der Waals surface area contributed by atoms with E-state index in [9.17, 15) is 4.39 Å². The molecule has 0 saturated heterocycles. The van der Waals surface area contributed by atoms with Crippen molar-refractivity contribution in [2.75, 3.05) is 6.54 Å². The lowest BCUT2D eigenvalue weighted by Crippen LogP contribution is -2.23. The lowest BCUT2D eigenvalue weighted by molar-refractivity contribution is 0.530. The molecule has 2 nitrogen and oxygen atoms in total. The van der Waals surface area contributed by atoms with Crippen molar-refractivity contribution in [3.05, 3.63) is 58.8 Å². The molecular weight excluding hydrogens is 253 g/mol. The first-order valence-corrected chi connectivity index (χ1v) is 6.30. The molecule has 2 aromatic rings. The van der Waals surface area contributed by atoms with Crippen LogP contribution in [0.2, 0.25) is 5.02 Å². The van der Waals surface area contributed by atoms with Gasteiger partial charge in [0, 0.05) is 16.1 Å². The molecule has 0 bridgehead atoms. The summed E-state index contributed by atoms with van der Waals surface area (Å²) in [6.07, 6.45) is 4.19. The first-order valence-electron chi connectivity index (χ1n) is 5.92. The molecule has 1 aromatic carbocycles. The van der Waals surface area contributed by atoms with Crippen LogP contribution < -0.4 is 5.32 Å². The van der Waals surface area contributed by atoms with Crippen LogP contribution in [0.4, 0.5) is 4.39 Å². The fourth-order valence-corrected chi connectivity index (χ4v) is 2.03. The van der Waals surface area contributed by atoms with Crippen LogP contribution in [0.3, 0.4) is 0 Å². The first kappa shape index (κ1) is 13.1. The molecule has 0 fully saturated rings. The number of nitrogens with one attached hydrogen (secondary N) is 1. The minimum absolute atomic E-state index is 0.207. The summed E-state index contributed by atoms with van der Waals surface area (Å²) in [6, 6.07) is 6.36. The van der Waals surface area contributed by atoms with Crippen molar-refractivity contribution in [1.29, 1.82) is 0 Å². The minimum Gasteiger partial charge on any atom is -0.472 e. The van der Waals surface area contributed by atoms with Gasteiger partial charge in [-0.05, 0) is 31.2 Å². The summed E-state index contributed by atoms with van der Waals surface area (Å²) < 4.78 is 19.0. The van der Waals surface area contributed by atoms with Gasteiger partial charge in [0.15, 0.2) is 0 Å². The molecule has 0 saturated carbocycles. The van der Waals surface area contributed by atoms with Crippen LogP contribution in [-0.2, 0) is 0 Å². The van der Waals surface area contributed by atoms with E-state index in [0.717, 1.165) is 18.5 Å². The number of hydrogen-bond donors (Lipinski definition) is 1. The highest BCUT2D eigenvalue weighted by atomic mass is 35.5. The van der Waals surface area contributed by atoms with Crippen molar-refractivity contribution in [2.24, 2.45) is 0 Å². The zero-order chi connectivity index (χ0) is 13.0. The highest BCUT2D eigenvalue weighted by molar-refractivity contribution is 6.30. The molecule has 1 unspecified atom stereocenters. The van der Waals surface area contributed by atoms with E-state index in [-0.39, 0.29) is 11.9 Å². The molecule has 0 radical (unpaired) electrons. The standard InChI is InChI=1S/C14H15ClFNO/c1-2-6-17-14(10-5-7-18-9-10)12-4-3-11(15)8-13(12)16/h3-5,7-9,14,17H,2,6H2,1H3. The second kappa shape index (κ2) is 6.03. The van der Waals surface area contributed by atoms with Gasteiger partial charge in [-0.15, -0.1) is 0 Å². The van der Waals surface area contributed by atoms with Crippen molar-refractivity contribution in [3.63, 3.8) is 0 Å². The Hall–Kier alpha value is -1.32. The molecule has 4 heteroatoms. The van der Waals surface area contributed by atoms with Gasteiger partial charge in [-0.3, -0.25) is 0 Å². The van der Waals surface area contributed by atoms with Crippen LogP contribution >= 0.6 is 11.6 Å². The van der Waals surface area contributed by atoms with Crippen molar-refractivity contribution >= 4 is 11.6 Å². The summed E-state index contributed by atoms with van der Waals surface area (Å²) in [6.45, 7) is 2.87. The van der Waals surface area contributed by atoms with Gasteiger partial charge < -0.3 is 9.73 Å². The zero-order valence-corrected chi connectivity index (χ0v) is 10.9. The molecule has 1 atom stereocenters. The van der Waals surface area contributed by atoms with Crippen molar-refractivity contribution in [2.45, 2.75) is 19.4 Å². The summed E-state index contributed by atoms with van der Waals surface area (Å²) >= 11 is 5.77. The molecule has 1 N–H and O–H groups in total. The van der Waals surface area contributed by atoms with Crippen molar-refractivity contribution in [3.8, 4) is 0 Å². The molecule has 0 aliphatic rings. The monoisotopic (exact) mass is 267 g/mol. The highest BCUT2D eigenvalue weighted by Crippen LogP contribution is 2.26. The summed E-state index contributed by atoms with van der Waals surface area (Å²) in [7, 11) is 0. The van der Waals surface area contributed by atoms with E-state index >= 15 is 0 Å². The van der Waals surface area contributed by atoms with Gasteiger partial charge >= 0.3 is 0 Å². The van der Waals surface area contributed by atoms with Crippen molar-refractivity contribution < 1.29 is 8.81 Å². The molecule has 18 heavy (non-hydrogen) atoms. The van der Waals surface area contributed by atoms with E-state index in [1.165, 1.54) is 6.07 Å². The maximum atomic E-state index is 14.0. The predicted octanol–water partition coefficient (Wildman–Crippen LogP) is 4.16. The minimum atomic E-state index is -0.308. The van der Waals surface area contributed by atoms with E-state index in [0.29, 0.717) is 10.6 Å². The van der Waals surface area contributed by atoms with Crippen LogP contribution in [0.15, 0.2) is 41.2 Å². The Balaban J connectivity index is 2.33. The van der Waals surface area contributed by atoms with Crippen LogP contribution in [0.25, 0.3) is 0 Å². The average molecular weight is 268 g/mol. The lowest BCUT2D eigenvalue weighted by Gasteiger charge is -2.18. The Kier molecular flexibility index (Phi) is 4.39. The number of rotatable bonds is 5. The Labute approximate surface area is 111 Å². The Morgan fingerprint density at radius 2 is 2.22 bits per heavy atom. The van der Waals surface area contributed by atoms with Gasteiger partial charge in [0.05, 0.1) is 18.6 Å². The average Bonchev–Trinajstić information content (AvgIpc) is 2.85. The van der Waals surface area contributed by atoms with Gasteiger partial charge in [0.2, 0.25) is 0 Å². The molecule has 0 aliphatic carbocycles. The normalized spacial score (nSPS) is 12.6. The van der Waals surface area contributed by atoms with E-state index < -0.39 is 0 Å². The SMILES string of the molecule is CCCNC(c1ccoc1)c1ccc(Cl)cc1F. The van der Waals surface area contributed by atoms with Gasteiger partial charge in [-0.1, -0.05) is 24.6 Å². The fraction of sp³-hybridized carbons (Fsp3) is 0.286. The summed E-state index contributed by atoms with van der Waals surface area (Å²) in [5, 5.41) is 3.71. The Bertz CT molecular complexity index is 499. The van der Waals surface area contributed by atoms with Gasteiger partial charge in [-0.25, -0.2) is 4.39 Å². The van der Waals surface area contributed by atoms with E-state index in [2.05, 4.69) is 12.2 Å². The summed E-state index contributed by atoms with van der Waals surface area (Å²) in [5.41, 5.74) is 1.49. The molecule has 1 aromatic heterocycles. The quantitative estimate of drug-likeness (QED) is 0.880. The van der Waals surface area contributed by atoms with Crippen LogP contribution in [0.1, 0.15) is 30.5 Å². The van der Waals surface area contributed by atoms with Crippen LogP contribution in [0, 0.1) is 5.82 Å². The second-order valence-electron chi connectivity index (χ2n) is 4.11. The number of hydrogen-bond acceptors (Lipinski definition) is 2. The maximum absolute atomic E-state index is 14.0. The summed E-state index contributed by atoms with van der Waals surface area (Å²) in [4.78, 5) is 0. The van der Waals surface area contributed by atoms with Crippen LogP contribution in [0.5, 0.6) is 0 Å². The predicted molar refractivity (Wildman–Crippen MR) is 70.3 cm³/mol. The van der Waals surface area contributed by atoms with E-state index in [4.69, 9.17) is 16.0 Å². The Morgan fingerprint density at radius 3 is 2.83 bits per heavy atom. The third-order valence-corrected chi connectivity index (χ3v) is 2.98. The zero-order valence-electron chi connectivity index (χ0n) is 10.1. The largest absolute Gasteiger partial charge is 0.472 e. The molecule has 1 heterocycles. The fourth-order valence-electron chi connectivity index (χ4n) is 1.87. The highest BCUT2D eigenvalue weighted by Gasteiger charge is 2.18. The van der Waals surface area contributed by atoms with E-state index in [1.54, 1.807) is 24.7 Å². The van der Waals surface area contributed by atoms with Gasteiger partial charge in [0.1, 0.15) is 5.82 Å². The lowest BCUT2D eigenvalue weighted by atomic mass is 10.0. The second-order valence-corrected chi connectivity index (χ2v) is 4.55. The molecule has 0 aliphatic heterocycles. The summed E-state index contributed by atoms with van der Waals surface area (Å²) in [5.74, 6) is -0.308. The van der Waals surface area contributed by atoms with Crippen molar-refractivity contribution in [1.82, 2.24) is 5.32 Å². The topological polar surface area (TPSA) is 25.2 Å². The van der Waals surface area contributed by atoms with E-state index in [1.807, 2.05) is 6.07 Å². The number of furan rings is 1. The van der Waals surface area contributed by atoms with Gasteiger partial charge in [-0.2, -0.15) is 0 Å². The van der Waals surface area contributed by atoms with Gasteiger partial charge in [0.25, 0.3) is 0 Å². The number of halogens is 2. The molecule has 2 rings (SSSR count). The maximum Gasteiger partial charge on any atom is 0.129 e. The number of benzene rings is 1. The Morgan fingerprint density at radius 1 is 1.39 bits per heavy atom. The molecule has 0 amide bonds. The first-order chi connectivity index (χ1) is 8.72. The smallest absolute Gasteiger partial charge is 0.129 e.